The van der Waals surface area contributed by atoms with Crippen LogP contribution in [0.2, 0.25) is 0 Å². The van der Waals surface area contributed by atoms with Crippen LogP contribution in [0.5, 0.6) is 0 Å². The Morgan fingerprint density at radius 2 is 2.00 bits per heavy atom. The summed E-state index contributed by atoms with van der Waals surface area (Å²) in [7, 11) is 0. The van der Waals surface area contributed by atoms with Crippen molar-refractivity contribution in [3.63, 3.8) is 0 Å². The first-order valence-electron chi connectivity index (χ1n) is 4.25. The maximum Gasteiger partial charge on any atom is -0.0142 e. The standard InChI is InChI=1S/C8H16NO/c1-2-3-8-4-6-9(10)7-5-8/h8H,2-7H2,1H3/q-1. The molecule has 60 valence electrons. The van der Waals surface area contributed by atoms with Crippen LogP contribution < -0.4 is 0 Å². The van der Waals surface area contributed by atoms with Crippen molar-refractivity contribution in [3.05, 3.63) is 5.21 Å². The second kappa shape index (κ2) is 3.94. The van der Waals surface area contributed by atoms with Gasteiger partial charge >= 0.3 is 0 Å². The lowest BCUT2D eigenvalue weighted by atomic mass is 9.93. The normalized spacial score (nSPS) is 23.4. The molecule has 0 amide bonds. The van der Waals surface area contributed by atoms with E-state index in [2.05, 4.69) is 6.92 Å². The second-order valence-electron chi connectivity index (χ2n) is 3.16. The van der Waals surface area contributed by atoms with Gasteiger partial charge in [-0.15, -0.1) is 0 Å². The van der Waals surface area contributed by atoms with Gasteiger partial charge in [0.2, 0.25) is 0 Å². The van der Waals surface area contributed by atoms with E-state index in [1.165, 1.54) is 17.9 Å². The van der Waals surface area contributed by atoms with Crippen LogP contribution in [0.1, 0.15) is 32.6 Å². The van der Waals surface area contributed by atoms with Crippen LogP contribution in [-0.2, 0) is 0 Å². The van der Waals surface area contributed by atoms with E-state index in [0.29, 0.717) is 0 Å². The number of hydrogen-bond acceptors (Lipinski definition) is 2. The van der Waals surface area contributed by atoms with E-state index in [9.17, 15) is 5.21 Å². The summed E-state index contributed by atoms with van der Waals surface area (Å²) in [5.41, 5.74) is 0. The Bertz CT molecular complexity index is 87.3. The zero-order chi connectivity index (χ0) is 7.40. The molecule has 1 fully saturated rings. The lowest BCUT2D eigenvalue weighted by Crippen LogP contribution is -2.28. The molecule has 0 aliphatic carbocycles. The maximum atomic E-state index is 10.7. The Labute approximate surface area is 62.8 Å². The quantitative estimate of drug-likeness (QED) is 0.589. The summed E-state index contributed by atoms with van der Waals surface area (Å²) >= 11 is 0. The minimum Gasteiger partial charge on any atom is -0.785 e. The smallest absolute Gasteiger partial charge is 0.0142 e. The van der Waals surface area contributed by atoms with Crippen molar-refractivity contribution >= 4 is 0 Å². The van der Waals surface area contributed by atoms with Crippen molar-refractivity contribution in [3.8, 4) is 0 Å². The number of hydrogen-bond donors (Lipinski definition) is 0. The van der Waals surface area contributed by atoms with E-state index in [-0.39, 0.29) is 0 Å². The lowest BCUT2D eigenvalue weighted by Gasteiger charge is -2.36. The van der Waals surface area contributed by atoms with Gasteiger partial charge in [-0.3, -0.25) is 0 Å². The minimum absolute atomic E-state index is 0.769. The summed E-state index contributed by atoms with van der Waals surface area (Å²) in [5, 5.41) is 11.9. The van der Waals surface area contributed by atoms with Gasteiger partial charge in [0.1, 0.15) is 0 Å². The zero-order valence-corrected chi connectivity index (χ0v) is 6.68. The fraction of sp³-hybridized carbons (Fsp3) is 1.00. The van der Waals surface area contributed by atoms with E-state index in [0.717, 1.165) is 31.8 Å². The summed E-state index contributed by atoms with van der Waals surface area (Å²) in [6.07, 6.45) is 4.83. The molecule has 10 heavy (non-hydrogen) atoms. The van der Waals surface area contributed by atoms with Gasteiger partial charge < -0.3 is 10.3 Å². The summed E-state index contributed by atoms with van der Waals surface area (Å²) in [4.78, 5) is 0. The van der Waals surface area contributed by atoms with Crippen molar-refractivity contribution in [1.29, 1.82) is 0 Å². The average molecular weight is 142 g/mol. The first kappa shape index (κ1) is 8.02. The highest BCUT2D eigenvalue weighted by atomic mass is 16.5. The fourth-order valence-corrected chi connectivity index (χ4v) is 1.61. The van der Waals surface area contributed by atoms with Gasteiger partial charge in [0.05, 0.1) is 0 Å². The fourth-order valence-electron chi connectivity index (χ4n) is 1.61. The Hall–Kier alpha value is -0.0800. The molecular formula is C8H16NO-. The first-order chi connectivity index (χ1) is 4.83. The van der Waals surface area contributed by atoms with Gasteiger partial charge in [-0.05, 0) is 31.8 Å². The van der Waals surface area contributed by atoms with Crippen LogP contribution in [0.15, 0.2) is 0 Å². The van der Waals surface area contributed by atoms with Gasteiger partial charge in [-0.2, -0.15) is 0 Å². The molecule has 1 aliphatic heterocycles. The SMILES string of the molecule is CCCC1CCN([O-])CC1. The van der Waals surface area contributed by atoms with Crippen LogP contribution in [0.4, 0.5) is 0 Å². The van der Waals surface area contributed by atoms with Crippen LogP contribution in [-0.4, -0.2) is 18.2 Å². The average Bonchev–Trinajstić information content (AvgIpc) is 1.95. The summed E-state index contributed by atoms with van der Waals surface area (Å²) in [6, 6.07) is 0. The molecule has 1 saturated heterocycles. The van der Waals surface area contributed by atoms with E-state index in [4.69, 9.17) is 0 Å². The minimum atomic E-state index is 0.769. The summed E-state index contributed by atoms with van der Waals surface area (Å²) in [5.74, 6) is 0.843. The maximum absolute atomic E-state index is 10.7. The van der Waals surface area contributed by atoms with Crippen molar-refractivity contribution in [2.45, 2.75) is 32.6 Å². The summed E-state index contributed by atoms with van der Waals surface area (Å²) in [6.45, 7) is 3.75. The van der Waals surface area contributed by atoms with E-state index >= 15 is 0 Å². The topological polar surface area (TPSA) is 26.3 Å². The monoisotopic (exact) mass is 142 g/mol. The Morgan fingerprint density at radius 1 is 1.40 bits per heavy atom. The molecule has 0 unspecified atom stereocenters. The molecule has 2 heteroatoms. The highest BCUT2D eigenvalue weighted by Gasteiger charge is 2.12. The molecule has 0 aromatic carbocycles. The van der Waals surface area contributed by atoms with Crippen LogP contribution in [0.3, 0.4) is 0 Å². The Balaban J connectivity index is 2.13. The third kappa shape index (κ3) is 2.27. The van der Waals surface area contributed by atoms with Crippen LogP contribution >= 0.6 is 0 Å². The number of piperidine rings is 1. The lowest BCUT2D eigenvalue weighted by molar-refractivity contribution is 0.234. The zero-order valence-electron chi connectivity index (χ0n) is 6.68. The van der Waals surface area contributed by atoms with Crippen molar-refractivity contribution in [1.82, 2.24) is 5.06 Å². The molecule has 0 atom stereocenters. The number of hydroxylamine groups is 2. The van der Waals surface area contributed by atoms with E-state index in [1.807, 2.05) is 0 Å². The Morgan fingerprint density at radius 3 is 2.50 bits per heavy atom. The van der Waals surface area contributed by atoms with E-state index < -0.39 is 0 Å². The molecule has 0 N–H and O–H groups in total. The predicted octanol–water partition coefficient (Wildman–Crippen LogP) is 2.00. The predicted molar refractivity (Wildman–Crippen MR) is 42.6 cm³/mol. The van der Waals surface area contributed by atoms with Crippen molar-refractivity contribution < 1.29 is 0 Å². The molecule has 0 saturated carbocycles. The van der Waals surface area contributed by atoms with Gasteiger partial charge in [0, 0.05) is 0 Å². The highest BCUT2D eigenvalue weighted by molar-refractivity contribution is 4.71. The highest BCUT2D eigenvalue weighted by Crippen LogP contribution is 2.20. The second-order valence-corrected chi connectivity index (χ2v) is 3.16. The molecule has 1 heterocycles. The molecule has 0 spiro atoms. The van der Waals surface area contributed by atoms with Crippen molar-refractivity contribution in [2.24, 2.45) is 5.92 Å². The van der Waals surface area contributed by atoms with Crippen LogP contribution in [0.25, 0.3) is 0 Å². The molecule has 0 aromatic heterocycles. The third-order valence-electron chi connectivity index (χ3n) is 2.27. The summed E-state index contributed by atoms with van der Waals surface area (Å²) < 4.78 is 0. The van der Waals surface area contributed by atoms with Gasteiger partial charge in [0.15, 0.2) is 0 Å². The third-order valence-corrected chi connectivity index (χ3v) is 2.27. The first-order valence-corrected chi connectivity index (χ1v) is 4.25. The molecule has 0 bridgehead atoms. The molecule has 2 nitrogen and oxygen atoms in total. The molecule has 1 rings (SSSR count). The number of rotatable bonds is 2. The molecule has 0 aromatic rings. The Kier molecular flexibility index (Phi) is 3.16. The van der Waals surface area contributed by atoms with Gasteiger partial charge in [-0.25, -0.2) is 0 Å². The van der Waals surface area contributed by atoms with Gasteiger partial charge in [0.25, 0.3) is 0 Å². The number of nitrogens with zero attached hydrogens (tertiary/aromatic N) is 1. The van der Waals surface area contributed by atoms with Gasteiger partial charge in [-0.1, -0.05) is 19.8 Å². The molecule has 0 radical (unpaired) electrons. The van der Waals surface area contributed by atoms with Crippen molar-refractivity contribution in [2.75, 3.05) is 13.1 Å². The largest absolute Gasteiger partial charge is 0.785 e. The van der Waals surface area contributed by atoms with E-state index in [1.54, 1.807) is 0 Å². The van der Waals surface area contributed by atoms with Crippen LogP contribution in [0, 0.1) is 11.1 Å². The molecule has 1 aliphatic rings. The molecular weight excluding hydrogens is 126 g/mol.